The van der Waals surface area contributed by atoms with E-state index in [9.17, 15) is 13.2 Å². The Labute approximate surface area is 144 Å². The Kier molecular flexibility index (Phi) is 5.17. The minimum atomic E-state index is -4.16. The number of anilines is 1. The molecule has 0 aromatic carbocycles. The minimum Gasteiger partial charge on any atom is -0.355 e. The van der Waals surface area contributed by atoms with Gasteiger partial charge in [0.05, 0.1) is 6.54 Å². The Bertz CT molecular complexity index is 705. The van der Waals surface area contributed by atoms with Gasteiger partial charge in [-0.2, -0.15) is 13.2 Å². The molecular formula is C17H20F3N5. The quantitative estimate of drug-likeness (QED) is 0.851. The number of alkyl halides is 3. The van der Waals surface area contributed by atoms with Crippen molar-refractivity contribution < 1.29 is 13.2 Å². The van der Waals surface area contributed by atoms with E-state index in [1.807, 2.05) is 30.0 Å². The molecule has 1 aliphatic rings. The van der Waals surface area contributed by atoms with E-state index in [1.54, 1.807) is 12.4 Å². The van der Waals surface area contributed by atoms with E-state index in [-0.39, 0.29) is 0 Å². The summed E-state index contributed by atoms with van der Waals surface area (Å²) in [6.07, 6.45) is -0.105. The maximum absolute atomic E-state index is 12.6. The van der Waals surface area contributed by atoms with E-state index in [0.717, 1.165) is 17.1 Å². The molecule has 1 fully saturated rings. The lowest BCUT2D eigenvalue weighted by atomic mass is 10.2. The summed E-state index contributed by atoms with van der Waals surface area (Å²) >= 11 is 0. The molecule has 0 N–H and O–H groups in total. The number of pyridine rings is 1. The van der Waals surface area contributed by atoms with Crippen molar-refractivity contribution in [3.63, 3.8) is 0 Å². The van der Waals surface area contributed by atoms with Crippen LogP contribution >= 0.6 is 0 Å². The van der Waals surface area contributed by atoms with Gasteiger partial charge in [0.15, 0.2) is 5.82 Å². The second-order valence-electron chi connectivity index (χ2n) is 6.16. The van der Waals surface area contributed by atoms with Crippen LogP contribution in [0.1, 0.15) is 12.1 Å². The maximum atomic E-state index is 12.6. The summed E-state index contributed by atoms with van der Waals surface area (Å²) in [6.45, 7) is 3.03. The fourth-order valence-electron chi connectivity index (χ4n) is 2.95. The number of hydrogen-bond acceptors (Lipinski definition) is 5. The van der Waals surface area contributed by atoms with Gasteiger partial charge in [-0.25, -0.2) is 9.97 Å². The molecular weight excluding hydrogens is 331 g/mol. The van der Waals surface area contributed by atoms with Crippen LogP contribution in [0.2, 0.25) is 0 Å². The largest absolute Gasteiger partial charge is 0.401 e. The van der Waals surface area contributed by atoms with Gasteiger partial charge >= 0.3 is 6.18 Å². The first-order chi connectivity index (χ1) is 11.9. The summed E-state index contributed by atoms with van der Waals surface area (Å²) in [6, 6.07) is 5.58. The van der Waals surface area contributed by atoms with Gasteiger partial charge in [0.2, 0.25) is 0 Å². The molecule has 0 unspecified atom stereocenters. The third-order valence-corrected chi connectivity index (χ3v) is 4.08. The Balaban J connectivity index is 1.77. The topological polar surface area (TPSA) is 45.2 Å². The summed E-state index contributed by atoms with van der Waals surface area (Å²) in [4.78, 5) is 16.6. The van der Waals surface area contributed by atoms with Gasteiger partial charge < -0.3 is 4.90 Å². The average molecular weight is 351 g/mol. The Morgan fingerprint density at radius 3 is 2.68 bits per heavy atom. The van der Waals surface area contributed by atoms with Crippen LogP contribution in [0.3, 0.4) is 0 Å². The highest BCUT2D eigenvalue weighted by molar-refractivity contribution is 5.56. The van der Waals surface area contributed by atoms with Crippen molar-refractivity contribution >= 4 is 5.82 Å². The fraction of sp³-hybridized carbons (Fsp3) is 0.471. The zero-order valence-corrected chi connectivity index (χ0v) is 14.0. The number of nitrogens with zero attached hydrogens (tertiary/aromatic N) is 5. The van der Waals surface area contributed by atoms with Crippen molar-refractivity contribution in [2.24, 2.45) is 0 Å². The van der Waals surface area contributed by atoms with Gasteiger partial charge in [-0.1, -0.05) is 0 Å². The molecule has 2 aromatic heterocycles. The predicted molar refractivity (Wildman–Crippen MR) is 89.3 cm³/mol. The second kappa shape index (κ2) is 7.35. The third kappa shape index (κ3) is 4.88. The highest BCUT2D eigenvalue weighted by Crippen LogP contribution is 2.22. The van der Waals surface area contributed by atoms with Crippen molar-refractivity contribution in [2.45, 2.75) is 19.5 Å². The van der Waals surface area contributed by atoms with Gasteiger partial charge in [0.1, 0.15) is 5.82 Å². The lowest BCUT2D eigenvalue weighted by Gasteiger charge is -2.23. The van der Waals surface area contributed by atoms with Crippen LogP contribution in [0.4, 0.5) is 19.0 Å². The minimum absolute atomic E-state index is 0.366. The number of aryl methyl sites for hydroxylation is 1. The lowest BCUT2D eigenvalue weighted by molar-refractivity contribution is -0.145. The Morgan fingerprint density at radius 2 is 1.96 bits per heavy atom. The molecule has 134 valence electrons. The molecule has 8 heteroatoms. The lowest BCUT2D eigenvalue weighted by Crippen LogP contribution is -2.37. The van der Waals surface area contributed by atoms with Crippen LogP contribution in [-0.4, -0.2) is 58.8 Å². The Hall–Kier alpha value is -2.22. The molecule has 0 saturated carbocycles. The first kappa shape index (κ1) is 17.6. The summed E-state index contributed by atoms with van der Waals surface area (Å²) in [7, 11) is 0. The van der Waals surface area contributed by atoms with E-state index in [0.29, 0.717) is 38.4 Å². The highest BCUT2D eigenvalue weighted by Gasteiger charge is 2.31. The van der Waals surface area contributed by atoms with E-state index in [1.165, 1.54) is 4.90 Å². The first-order valence-corrected chi connectivity index (χ1v) is 8.21. The maximum Gasteiger partial charge on any atom is 0.401 e. The zero-order valence-electron chi connectivity index (χ0n) is 14.0. The number of rotatable bonds is 3. The summed E-state index contributed by atoms with van der Waals surface area (Å²) in [5.41, 5.74) is 1.64. The number of halogens is 3. The standard InChI is InChI=1S/C17H20F3N5/c1-13-10-15(23-16(22-13)14-4-2-5-21-11-14)25-7-3-6-24(8-9-25)12-17(18,19)20/h2,4-5,10-11H,3,6-9,12H2,1H3. The van der Waals surface area contributed by atoms with Crippen molar-refractivity contribution in [3.8, 4) is 11.4 Å². The second-order valence-corrected chi connectivity index (χ2v) is 6.16. The first-order valence-electron chi connectivity index (χ1n) is 8.21. The van der Waals surface area contributed by atoms with Crippen LogP contribution in [-0.2, 0) is 0 Å². The molecule has 2 aromatic rings. The van der Waals surface area contributed by atoms with Gasteiger partial charge in [-0.15, -0.1) is 0 Å². The number of hydrogen-bond donors (Lipinski definition) is 0. The molecule has 0 amide bonds. The molecule has 3 rings (SSSR count). The van der Waals surface area contributed by atoms with Crippen LogP contribution < -0.4 is 4.90 Å². The molecule has 0 radical (unpaired) electrons. The highest BCUT2D eigenvalue weighted by atomic mass is 19.4. The van der Waals surface area contributed by atoms with Crippen LogP contribution in [0.15, 0.2) is 30.6 Å². The molecule has 0 bridgehead atoms. The van der Waals surface area contributed by atoms with Crippen molar-refractivity contribution in [3.05, 3.63) is 36.3 Å². The van der Waals surface area contributed by atoms with Crippen LogP contribution in [0, 0.1) is 6.92 Å². The molecule has 1 saturated heterocycles. The molecule has 0 aliphatic carbocycles. The van der Waals surface area contributed by atoms with Crippen LogP contribution in [0.5, 0.6) is 0 Å². The van der Waals surface area contributed by atoms with Gasteiger partial charge in [0, 0.05) is 55.9 Å². The molecule has 1 aliphatic heterocycles. The summed E-state index contributed by atoms with van der Waals surface area (Å²) in [5.74, 6) is 1.33. The Morgan fingerprint density at radius 1 is 1.12 bits per heavy atom. The summed E-state index contributed by atoms with van der Waals surface area (Å²) in [5, 5.41) is 0. The fourth-order valence-corrected chi connectivity index (χ4v) is 2.95. The molecule has 25 heavy (non-hydrogen) atoms. The van der Waals surface area contributed by atoms with Crippen LogP contribution in [0.25, 0.3) is 11.4 Å². The van der Waals surface area contributed by atoms with E-state index in [2.05, 4.69) is 15.0 Å². The zero-order chi connectivity index (χ0) is 17.9. The SMILES string of the molecule is Cc1cc(N2CCCN(CC(F)(F)F)CC2)nc(-c2cccnc2)n1. The van der Waals surface area contributed by atoms with E-state index in [4.69, 9.17) is 0 Å². The molecule has 0 atom stereocenters. The van der Waals surface area contributed by atoms with E-state index < -0.39 is 12.7 Å². The van der Waals surface area contributed by atoms with Crippen molar-refractivity contribution in [2.75, 3.05) is 37.6 Å². The number of aromatic nitrogens is 3. The monoisotopic (exact) mass is 351 g/mol. The van der Waals surface area contributed by atoms with Gasteiger partial charge in [-0.05, 0) is 25.5 Å². The normalized spacial score (nSPS) is 16.7. The third-order valence-electron chi connectivity index (χ3n) is 4.08. The van der Waals surface area contributed by atoms with Gasteiger partial charge in [-0.3, -0.25) is 9.88 Å². The molecule has 0 spiro atoms. The summed E-state index contributed by atoms with van der Waals surface area (Å²) < 4.78 is 37.8. The van der Waals surface area contributed by atoms with E-state index >= 15 is 0 Å². The average Bonchev–Trinajstić information content (AvgIpc) is 2.79. The van der Waals surface area contributed by atoms with Gasteiger partial charge in [0.25, 0.3) is 0 Å². The predicted octanol–water partition coefficient (Wildman–Crippen LogP) is 2.92. The smallest absolute Gasteiger partial charge is 0.355 e. The molecule has 5 nitrogen and oxygen atoms in total. The van der Waals surface area contributed by atoms with Crippen molar-refractivity contribution in [1.82, 2.24) is 19.9 Å². The molecule has 3 heterocycles. The van der Waals surface area contributed by atoms with Crippen molar-refractivity contribution in [1.29, 1.82) is 0 Å².